The minimum atomic E-state index is -0.975. The Labute approximate surface area is 198 Å². The van der Waals surface area contributed by atoms with Crippen molar-refractivity contribution < 1.29 is 9.90 Å². The third kappa shape index (κ3) is 4.08. The number of amides is 1. The zero-order valence-electron chi connectivity index (χ0n) is 19.0. The van der Waals surface area contributed by atoms with E-state index in [9.17, 15) is 15.2 Å². The molecule has 5 rings (SSSR count). The van der Waals surface area contributed by atoms with Crippen LogP contribution in [0.4, 0.5) is 10.5 Å². The predicted molar refractivity (Wildman–Crippen MR) is 134 cm³/mol. The van der Waals surface area contributed by atoms with Gasteiger partial charge in [-0.3, -0.25) is 0 Å². The molecule has 1 aliphatic heterocycles. The molecule has 0 bridgehead atoms. The normalized spacial score (nSPS) is 15.8. The topological polar surface area (TPSA) is 80.8 Å². The first-order valence-electron chi connectivity index (χ1n) is 11.5. The lowest BCUT2D eigenvalue weighted by atomic mass is 10.00. The van der Waals surface area contributed by atoms with Gasteiger partial charge in [0.15, 0.2) is 0 Å². The van der Waals surface area contributed by atoms with Gasteiger partial charge in [-0.15, -0.1) is 0 Å². The first-order valence-corrected chi connectivity index (χ1v) is 11.5. The van der Waals surface area contributed by atoms with Crippen molar-refractivity contribution in [3.63, 3.8) is 0 Å². The molecule has 6 heteroatoms. The van der Waals surface area contributed by atoms with Crippen LogP contribution < -0.4 is 10.2 Å². The smallest absolute Gasteiger partial charge is 0.404 e. The van der Waals surface area contributed by atoms with Gasteiger partial charge in [0.1, 0.15) is 0 Å². The highest BCUT2D eigenvalue weighted by atomic mass is 16.4. The molecule has 0 saturated carbocycles. The number of pyridine rings is 1. The van der Waals surface area contributed by atoms with E-state index in [4.69, 9.17) is 0 Å². The number of rotatable bonds is 4. The van der Waals surface area contributed by atoms with Crippen molar-refractivity contribution in [2.75, 3.05) is 18.0 Å². The molecule has 1 amide bonds. The predicted octanol–water partition coefficient (Wildman–Crippen LogP) is 5.69. The molecule has 1 fully saturated rings. The Morgan fingerprint density at radius 1 is 1.09 bits per heavy atom. The number of fused-ring (bicyclic) bond motifs is 1. The number of hydrogen-bond donors (Lipinski definition) is 2. The molecule has 3 heterocycles. The highest BCUT2D eigenvalue weighted by Crippen LogP contribution is 2.39. The van der Waals surface area contributed by atoms with Gasteiger partial charge in [0.05, 0.1) is 28.5 Å². The zero-order chi connectivity index (χ0) is 23.7. The molecule has 2 aromatic carbocycles. The standard InChI is InChI=1S/C28H26N4O2/c1-19-6-10-22(11-7-19)27-24(21-12-8-20(17-29)9-13-21)16-26-25(5-3-15-32(26)27)31-14-2-4-23(18-31)30-28(33)34/h3,5-13,15-16,23,30H,2,4,14,18H2,1H3,(H,33,34)/t23-/m1/s1. The Hall–Kier alpha value is -4.24. The van der Waals surface area contributed by atoms with Gasteiger partial charge in [-0.05, 0) is 61.2 Å². The van der Waals surface area contributed by atoms with E-state index in [0.29, 0.717) is 12.1 Å². The number of aryl methyl sites for hydroxylation is 1. The number of carbonyl (C=O) groups is 1. The van der Waals surface area contributed by atoms with Gasteiger partial charge in [0, 0.05) is 30.9 Å². The monoisotopic (exact) mass is 450 g/mol. The average Bonchev–Trinajstić information content (AvgIpc) is 3.24. The van der Waals surface area contributed by atoms with Gasteiger partial charge in [-0.1, -0.05) is 42.0 Å². The summed E-state index contributed by atoms with van der Waals surface area (Å²) in [5.74, 6) is 0. The average molecular weight is 451 g/mol. The van der Waals surface area contributed by atoms with Crippen molar-refractivity contribution in [2.24, 2.45) is 0 Å². The number of aromatic nitrogens is 1. The van der Waals surface area contributed by atoms with Crippen molar-refractivity contribution in [3.05, 3.63) is 84.1 Å². The Balaban J connectivity index is 1.66. The maximum atomic E-state index is 11.2. The minimum absolute atomic E-state index is 0.0870. The van der Waals surface area contributed by atoms with Crippen LogP contribution in [0.15, 0.2) is 72.9 Å². The van der Waals surface area contributed by atoms with Gasteiger partial charge in [-0.25, -0.2) is 4.79 Å². The summed E-state index contributed by atoms with van der Waals surface area (Å²) >= 11 is 0. The van der Waals surface area contributed by atoms with E-state index in [2.05, 4.69) is 76.3 Å². The van der Waals surface area contributed by atoms with E-state index in [1.54, 1.807) is 0 Å². The lowest BCUT2D eigenvalue weighted by Crippen LogP contribution is -2.47. The second kappa shape index (κ2) is 8.95. The first kappa shape index (κ1) is 21.6. The molecule has 34 heavy (non-hydrogen) atoms. The van der Waals surface area contributed by atoms with Gasteiger partial charge in [0.25, 0.3) is 0 Å². The number of anilines is 1. The van der Waals surface area contributed by atoms with Crippen LogP contribution in [0, 0.1) is 18.3 Å². The fourth-order valence-corrected chi connectivity index (χ4v) is 4.89. The van der Waals surface area contributed by atoms with Crippen molar-refractivity contribution in [2.45, 2.75) is 25.8 Å². The molecule has 1 aliphatic rings. The largest absolute Gasteiger partial charge is 0.465 e. The highest BCUT2D eigenvalue weighted by molar-refractivity contribution is 5.91. The number of nitrogens with zero attached hydrogens (tertiary/aromatic N) is 3. The molecule has 0 aliphatic carbocycles. The summed E-state index contributed by atoms with van der Waals surface area (Å²) in [6, 6.07) is 24.7. The van der Waals surface area contributed by atoms with Crippen LogP contribution >= 0.6 is 0 Å². The SMILES string of the molecule is Cc1ccc(-c2c(-c3ccc(C#N)cc3)cc3c(N4CCC[C@@H](NC(=O)O)C4)cccn23)cc1. The van der Waals surface area contributed by atoms with E-state index in [1.165, 1.54) is 5.56 Å². The van der Waals surface area contributed by atoms with Crippen LogP contribution in [-0.4, -0.2) is 34.7 Å². The van der Waals surface area contributed by atoms with Crippen LogP contribution in [-0.2, 0) is 0 Å². The van der Waals surface area contributed by atoms with Crippen molar-refractivity contribution in [3.8, 4) is 28.5 Å². The summed E-state index contributed by atoms with van der Waals surface area (Å²) in [4.78, 5) is 13.5. The van der Waals surface area contributed by atoms with Crippen LogP contribution in [0.25, 0.3) is 27.9 Å². The van der Waals surface area contributed by atoms with E-state index in [0.717, 1.165) is 53.0 Å². The van der Waals surface area contributed by atoms with E-state index in [-0.39, 0.29) is 6.04 Å². The molecule has 4 aromatic rings. The number of nitrogens with one attached hydrogen (secondary N) is 1. The van der Waals surface area contributed by atoms with Crippen molar-refractivity contribution in [1.82, 2.24) is 9.72 Å². The molecule has 0 spiro atoms. The van der Waals surface area contributed by atoms with E-state index in [1.807, 2.05) is 24.3 Å². The molecule has 2 aromatic heterocycles. The molecule has 0 unspecified atom stereocenters. The Morgan fingerprint density at radius 2 is 1.82 bits per heavy atom. The lowest BCUT2D eigenvalue weighted by Gasteiger charge is -2.34. The Bertz CT molecular complexity index is 1380. The Kier molecular flexibility index (Phi) is 5.69. The third-order valence-electron chi connectivity index (χ3n) is 6.53. The molecule has 1 saturated heterocycles. The first-order chi connectivity index (χ1) is 16.5. The molecular formula is C28H26N4O2. The molecule has 2 N–H and O–H groups in total. The van der Waals surface area contributed by atoms with Crippen LogP contribution in [0.3, 0.4) is 0 Å². The third-order valence-corrected chi connectivity index (χ3v) is 6.53. The highest BCUT2D eigenvalue weighted by Gasteiger charge is 2.24. The fraction of sp³-hybridized carbons (Fsp3) is 0.214. The molecular weight excluding hydrogens is 424 g/mol. The second-order valence-corrected chi connectivity index (χ2v) is 8.85. The van der Waals surface area contributed by atoms with Gasteiger partial charge in [-0.2, -0.15) is 5.26 Å². The minimum Gasteiger partial charge on any atom is -0.465 e. The summed E-state index contributed by atoms with van der Waals surface area (Å²) in [6.07, 6.45) is 2.88. The van der Waals surface area contributed by atoms with E-state index < -0.39 is 6.09 Å². The molecule has 1 atom stereocenters. The van der Waals surface area contributed by atoms with Crippen molar-refractivity contribution >= 4 is 17.3 Å². The van der Waals surface area contributed by atoms with Crippen LogP contribution in [0.1, 0.15) is 24.0 Å². The number of hydrogen-bond acceptors (Lipinski definition) is 3. The van der Waals surface area contributed by atoms with Gasteiger partial charge in [0.2, 0.25) is 0 Å². The van der Waals surface area contributed by atoms with Crippen LogP contribution in [0.5, 0.6) is 0 Å². The van der Waals surface area contributed by atoms with Crippen molar-refractivity contribution in [1.29, 1.82) is 5.26 Å². The van der Waals surface area contributed by atoms with E-state index >= 15 is 0 Å². The molecule has 170 valence electrons. The van der Waals surface area contributed by atoms with Crippen LogP contribution in [0.2, 0.25) is 0 Å². The maximum Gasteiger partial charge on any atom is 0.404 e. The summed E-state index contributed by atoms with van der Waals surface area (Å²) in [6.45, 7) is 3.61. The second-order valence-electron chi connectivity index (χ2n) is 8.85. The summed E-state index contributed by atoms with van der Waals surface area (Å²) < 4.78 is 2.22. The van der Waals surface area contributed by atoms with Gasteiger partial charge < -0.3 is 19.7 Å². The molecule has 6 nitrogen and oxygen atoms in total. The zero-order valence-corrected chi connectivity index (χ0v) is 19.0. The summed E-state index contributed by atoms with van der Waals surface area (Å²) in [5, 5.41) is 21.1. The Morgan fingerprint density at radius 3 is 2.53 bits per heavy atom. The van der Waals surface area contributed by atoms with Gasteiger partial charge >= 0.3 is 6.09 Å². The number of benzene rings is 2. The summed E-state index contributed by atoms with van der Waals surface area (Å²) in [7, 11) is 0. The molecule has 0 radical (unpaired) electrons. The summed E-state index contributed by atoms with van der Waals surface area (Å²) in [5.41, 5.74) is 8.36. The number of carboxylic acid groups (broad SMARTS) is 1. The maximum absolute atomic E-state index is 11.2. The lowest BCUT2D eigenvalue weighted by molar-refractivity contribution is 0.188. The number of piperidine rings is 1. The number of nitriles is 1. The quantitative estimate of drug-likeness (QED) is 0.419. The fourth-order valence-electron chi connectivity index (χ4n) is 4.89.